The minimum Gasteiger partial charge on any atom is -0.464 e. The Morgan fingerprint density at radius 1 is 0.755 bits per heavy atom. The molecule has 268 valence electrons. The van der Waals surface area contributed by atoms with Crippen LogP contribution in [0.2, 0.25) is 10.0 Å². The van der Waals surface area contributed by atoms with E-state index in [9.17, 15) is 14.4 Å². The molecule has 0 saturated heterocycles. The maximum Gasteiger partial charge on any atom is 0.339 e. The van der Waals surface area contributed by atoms with E-state index in [0.29, 0.717) is 23.0 Å². The predicted molar refractivity (Wildman–Crippen MR) is 195 cm³/mol. The lowest BCUT2D eigenvalue weighted by atomic mass is 10.0. The molecule has 0 unspecified atom stereocenters. The van der Waals surface area contributed by atoms with Crippen LogP contribution in [0.3, 0.4) is 0 Å². The molecule has 0 fully saturated rings. The van der Waals surface area contributed by atoms with E-state index >= 15 is 0 Å². The quantitative estimate of drug-likeness (QED) is 0.0857. The Morgan fingerprint density at radius 3 is 2.08 bits per heavy atom. The van der Waals surface area contributed by atoms with E-state index in [0.717, 1.165) is 50.5 Å². The van der Waals surface area contributed by atoms with Gasteiger partial charge in [-0.05, 0) is 100 Å². The molecule has 0 aliphatic rings. The number of amides is 1. The summed E-state index contributed by atoms with van der Waals surface area (Å²) in [5, 5.41) is 3.49. The zero-order chi connectivity index (χ0) is 35.8. The van der Waals surface area contributed by atoms with Crippen molar-refractivity contribution in [2.75, 3.05) is 33.4 Å². The molecular weight excluding hydrogens is 665 g/mol. The molecule has 0 N–H and O–H groups in total. The first-order valence-electron chi connectivity index (χ1n) is 17.2. The van der Waals surface area contributed by atoms with Crippen molar-refractivity contribution in [1.82, 2.24) is 4.90 Å². The Kier molecular flexibility index (Phi) is 16.8. The van der Waals surface area contributed by atoms with E-state index in [-0.39, 0.29) is 13.2 Å². The number of benzene rings is 3. The summed E-state index contributed by atoms with van der Waals surface area (Å²) >= 11 is 12.2. The zero-order valence-corrected chi connectivity index (χ0v) is 31.0. The third kappa shape index (κ3) is 14.3. The highest BCUT2D eigenvalue weighted by Crippen LogP contribution is 2.24. The van der Waals surface area contributed by atoms with Gasteiger partial charge in [-0.3, -0.25) is 4.79 Å². The first-order chi connectivity index (χ1) is 23.4. The summed E-state index contributed by atoms with van der Waals surface area (Å²) in [4.78, 5) is 41.0. The SMILES string of the molecule is CCOC(=O)CO[C@@H](C(=O)OC(C)(C)C)[C@@H](OCCCCCc1ccc(Cl)c(Cl)c1)C(=O)N(C)CCCCCc1ccc2ccccc2c1. The Morgan fingerprint density at radius 2 is 1.41 bits per heavy atom. The molecule has 0 aliphatic carbocycles. The second-order valence-electron chi connectivity index (χ2n) is 13.2. The molecule has 10 heteroatoms. The third-order valence-electron chi connectivity index (χ3n) is 7.88. The van der Waals surface area contributed by atoms with Gasteiger partial charge < -0.3 is 23.8 Å². The lowest BCUT2D eigenvalue weighted by Gasteiger charge is -2.31. The highest BCUT2D eigenvalue weighted by Gasteiger charge is 2.40. The van der Waals surface area contributed by atoms with E-state index in [1.54, 1.807) is 45.7 Å². The predicted octanol–water partition coefficient (Wildman–Crippen LogP) is 8.41. The molecule has 8 nitrogen and oxygen atoms in total. The average molecular weight is 717 g/mol. The number of rotatable bonds is 20. The van der Waals surface area contributed by atoms with Gasteiger partial charge in [0.25, 0.3) is 5.91 Å². The van der Waals surface area contributed by atoms with Crippen LogP contribution in [0.15, 0.2) is 60.7 Å². The van der Waals surface area contributed by atoms with Crippen LogP contribution >= 0.6 is 23.2 Å². The van der Waals surface area contributed by atoms with Crippen molar-refractivity contribution in [2.45, 2.75) is 96.9 Å². The molecule has 0 saturated carbocycles. The van der Waals surface area contributed by atoms with Gasteiger partial charge in [-0.2, -0.15) is 0 Å². The summed E-state index contributed by atoms with van der Waals surface area (Å²) < 4.78 is 22.5. The topological polar surface area (TPSA) is 91.4 Å². The molecule has 1 amide bonds. The first kappa shape index (κ1) is 40.3. The maximum absolute atomic E-state index is 13.9. The van der Waals surface area contributed by atoms with Crippen molar-refractivity contribution in [3.63, 3.8) is 0 Å². The lowest BCUT2D eigenvalue weighted by Crippen LogP contribution is -2.51. The normalized spacial score (nSPS) is 12.8. The number of nitrogens with zero attached hydrogens (tertiary/aromatic N) is 1. The molecule has 3 aromatic rings. The third-order valence-corrected chi connectivity index (χ3v) is 8.62. The molecule has 0 radical (unpaired) electrons. The summed E-state index contributed by atoms with van der Waals surface area (Å²) in [6, 6.07) is 20.5. The summed E-state index contributed by atoms with van der Waals surface area (Å²) in [6.07, 6.45) is 4.00. The number of carbonyl (C=O) groups is 3. The maximum atomic E-state index is 13.9. The van der Waals surface area contributed by atoms with Crippen LogP contribution in [-0.2, 0) is 46.2 Å². The minimum absolute atomic E-state index is 0.157. The molecule has 3 aromatic carbocycles. The van der Waals surface area contributed by atoms with Crippen molar-refractivity contribution >= 4 is 51.8 Å². The fraction of sp³-hybridized carbons (Fsp3) is 0.513. The number of ether oxygens (including phenoxy) is 4. The number of esters is 2. The van der Waals surface area contributed by atoms with Gasteiger partial charge in [0, 0.05) is 20.2 Å². The Labute approximate surface area is 301 Å². The van der Waals surface area contributed by atoms with E-state index in [1.807, 2.05) is 24.3 Å². The zero-order valence-electron chi connectivity index (χ0n) is 29.5. The molecule has 0 bridgehead atoms. The number of likely N-dealkylation sites (N-methyl/N-ethyl adjacent to an activating group) is 1. The molecule has 49 heavy (non-hydrogen) atoms. The number of aryl methyl sites for hydroxylation is 2. The molecule has 0 heterocycles. The van der Waals surface area contributed by atoms with Gasteiger partial charge in [-0.1, -0.05) is 84.6 Å². The number of halogens is 2. The largest absolute Gasteiger partial charge is 0.464 e. The summed E-state index contributed by atoms with van der Waals surface area (Å²) in [7, 11) is 1.69. The number of hydrogen-bond acceptors (Lipinski definition) is 7. The van der Waals surface area contributed by atoms with Gasteiger partial charge >= 0.3 is 11.9 Å². The Hall–Kier alpha value is -3.17. The summed E-state index contributed by atoms with van der Waals surface area (Å²) in [6.45, 7) is 7.17. The summed E-state index contributed by atoms with van der Waals surface area (Å²) in [5.41, 5.74) is 1.52. The van der Waals surface area contributed by atoms with Crippen molar-refractivity contribution in [2.24, 2.45) is 0 Å². The van der Waals surface area contributed by atoms with Gasteiger partial charge in [0.15, 0.2) is 12.2 Å². The van der Waals surface area contributed by atoms with Crippen LogP contribution in [0.25, 0.3) is 10.8 Å². The van der Waals surface area contributed by atoms with Crippen LogP contribution < -0.4 is 0 Å². The van der Waals surface area contributed by atoms with Crippen LogP contribution in [-0.4, -0.2) is 74.0 Å². The second kappa shape index (κ2) is 20.5. The molecule has 0 aliphatic heterocycles. The van der Waals surface area contributed by atoms with Gasteiger partial charge in [-0.25, -0.2) is 9.59 Å². The molecule has 3 rings (SSSR count). The monoisotopic (exact) mass is 715 g/mol. The first-order valence-corrected chi connectivity index (χ1v) is 17.9. The molecular formula is C39H51Cl2NO7. The minimum atomic E-state index is -1.46. The Balaban J connectivity index is 1.61. The van der Waals surface area contributed by atoms with Crippen molar-refractivity contribution in [3.05, 3.63) is 81.8 Å². The molecule has 0 aromatic heterocycles. The van der Waals surface area contributed by atoms with E-state index in [2.05, 4.69) is 30.3 Å². The average Bonchev–Trinajstić information content (AvgIpc) is 3.05. The van der Waals surface area contributed by atoms with Gasteiger partial charge in [0.2, 0.25) is 0 Å². The van der Waals surface area contributed by atoms with Gasteiger partial charge in [-0.15, -0.1) is 0 Å². The molecule has 2 atom stereocenters. The van der Waals surface area contributed by atoms with E-state index in [4.69, 9.17) is 42.1 Å². The van der Waals surface area contributed by atoms with Crippen molar-refractivity contribution in [3.8, 4) is 0 Å². The van der Waals surface area contributed by atoms with Crippen LogP contribution in [0, 0.1) is 0 Å². The fourth-order valence-electron chi connectivity index (χ4n) is 5.38. The van der Waals surface area contributed by atoms with Crippen molar-refractivity contribution in [1.29, 1.82) is 0 Å². The fourth-order valence-corrected chi connectivity index (χ4v) is 5.70. The lowest BCUT2D eigenvalue weighted by molar-refractivity contribution is -0.187. The number of hydrogen-bond donors (Lipinski definition) is 0. The summed E-state index contributed by atoms with van der Waals surface area (Å²) in [5.74, 6) is -1.84. The van der Waals surface area contributed by atoms with Gasteiger partial charge in [0.1, 0.15) is 12.2 Å². The number of unbranched alkanes of at least 4 members (excludes halogenated alkanes) is 4. The highest BCUT2D eigenvalue weighted by molar-refractivity contribution is 6.42. The van der Waals surface area contributed by atoms with Crippen LogP contribution in [0.4, 0.5) is 0 Å². The van der Waals surface area contributed by atoms with E-state index < -0.39 is 42.3 Å². The van der Waals surface area contributed by atoms with E-state index in [1.165, 1.54) is 16.3 Å². The smallest absolute Gasteiger partial charge is 0.339 e. The van der Waals surface area contributed by atoms with Crippen molar-refractivity contribution < 1.29 is 33.3 Å². The second-order valence-corrected chi connectivity index (χ2v) is 14.0. The highest BCUT2D eigenvalue weighted by atomic mass is 35.5. The molecule has 0 spiro atoms. The van der Waals surface area contributed by atoms with Crippen LogP contribution in [0.1, 0.15) is 77.3 Å². The Bertz CT molecular complexity index is 1510. The van der Waals surface area contributed by atoms with Gasteiger partial charge in [0.05, 0.1) is 16.7 Å². The number of carbonyl (C=O) groups excluding carboxylic acids is 3. The van der Waals surface area contributed by atoms with Crippen LogP contribution in [0.5, 0.6) is 0 Å². The standard InChI is InChI=1S/C39H51Cl2NO7/c1-6-46-34(43)27-48-36(38(45)49-39(2,3)4)35(47-24-14-8-10-16-29-20-22-32(40)33(41)26-29)37(44)42(5)23-13-7-9-15-28-19-21-30-17-11-12-18-31(30)25-28/h11-12,17-22,25-26,35-36H,6-10,13-16,23-24,27H2,1-5H3/t35-,36-/m1/s1. The number of fused-ring (bicyclic) bond motifs is 1.